The summed E-state index contributed by atoms with van der Waals surface area (Å²) in [4.78, 5) is 27.0. The Kier molecular flexibility index (Phi) is 10.8. The van der Waals surface area contributed by atoms with Gasteiger partial charge in [0.1, 0.15) is 0 Å². The molecule has 0 aromatic heterocycles. The first-order valence-electron chi connectivity index (χ1n) is 11.7. The van der Waals surface area contributed by atoms with Gasteiger partial charge in [-0.1, -0.05) is 13.8 Å². The van der Waals surface area contributed by atoms with Crippen LogP contribution in [0.25, 0.3) is 0 Å². The van der Waals surface area contributed by atoms with Crippen LogP contribution in [0.15, 0.2) is 0 Å². The molecule has 2 fully saturated rings. The second kappa shape index (κ2) is 12.3. The van der Waals surface area contributed by atoms with Crippen LogP contribution in [0.1, 0.15) is 73.1 Å². The fraction of sp³-hybridized carbons (Fsp3) is 0.913. The Bertz CT molecular complexity index is 517. The van der Waals surface area contributed by atoms with Crippen LogP contribution < -0.4 is 5.32 Å². The van der Waals surface area contributed by atoms with E-state index in [1.165, 1.54) is 25.7 Å². The van der Waals surface area contributed by atoms with Crippen LogP contribution in [0, 0.1) is 23.2 Å². The summed E-state index contributed by atoms with van der Waals surface area (Å²) in [5.41, 5.74) is -0.258. The van der Waals surface area contributed by atoms with Crippen molar-refractivity contribution in [2.45, 2.75) is 82.4 Å². The van der Waals surface area contributed by atoms with E-state index >= 15 is 0 Å². The number of rotatable bonds is 9. The van der Waals surface area contributed by atoms with Crippen LogP contribution in [0.2, 0.25) is 3.23 Å². The number of ketones is 1. The molecule has 1 heterocycles. The zero-order chi connectivity index (χ0) is 21.4. The normalized spacial score (nSPS) is 24.3. The number of nitrogens with zero attached hydrogens (tertiary/aromatic N) is 1. The summed E-state index contributed by atoms with van der Waals surface area (Å²) in [6.45, 7) is 13.9. The van der Waals surface area contributed by atoms with Gasteiger partial charge in [0, 0.05) is 0 Å². The molecule has 1 saturated heterocycles. The van der Waals surface area contributed by atoms with Gasteiger partial charge in [-0.3, -0.25) is 0 Å². The van der Waals surface area contributed by atoms with Gasteiger partial charge in [0.2, 0.25) is 0 Å². The molecule has 1 N–H and O–H groups in total. The number of hydrogen-bond acceptors (Lipinski definition) is 4. The van der Waals surface area contributed by atoms with Crippen molar-refractivity contribution in [2.75, 3.05) is 26.2 Å². The van der Waals surface area contributed by atoms with E-state index < -0.39 is 29.7 Å². The van der Waals surface area contributed by atoms with Crippen LogP contribution in [-0.4, -0.2) is 48.9 Å². The van der Waals surface area contributed by atoms with Gasteiger partial charge in [-0.2, -0.15) is 0 Å². The molecule has 1 amide bonds. The van der Waals surface area contributed by atoms with Crippen molar-refractivity contribution in [3.05, 3.63) is 0 Å². The summed E-state index contributed by atoms with van der Waals surface area (Å²) in [6, 6.07) is 0.741. The minimum absolute atomic E-state index is 0.155. The second-order valence-corrected chi connectivity index (χ2v) is 13.0. The molecule has 0 aromatic rings. The standard InChI is InChI=1S/C17H31N2O2.C6H11O.Y/c1-13(2)14-3-5-16(6-4-14)19-10-7-15(8-11-19)17(21)18-9-12-20;1-5(7)6(2,3)4;/h13-16H,3-12H2,1-2H3,(H,18,21);1H2,2-4H3;/q-1;;+1. The van der Waals surface area contributed by atoms with Gasteiger partial charge >= 0.3 is 169 Å². The number of piperidine rings is 1. The van der Waals surface area contributed by atoms with E-state index in [0.717, 1.165) is 43.8 Å². The van der Waals surface area contributed by atoms with Gasteiger partial charge in [-0.15, -0.1) is 0 Å². The maximum absolute atomic E-state index is 12.4. The molecule has 0 aromatic carbocycles. The van der Waals surface area contributed by atoms with Crippen molar-refractivity contribution in [3.8, 4) is 0 Å². The molecule has 6 heteroatoms. The van der Waals surface area contributed by atoms with Crippen molar-refractivity contribution >= 4 is 11.7 Å². The average molecular weight is 484 g/mol. The van der Waals surface area contributed by atoms with Crippen molar-refractivity contribution in [2.24, 2.45) is 23.2 Å². The van der Waals surface area contributed by atoms with Crippen molar-refractivity contribution in [1.82, 2.24) is 10.2 Å². The molecule has 1 saturated carbocycles. The van der Waals surface area contributed by atoms with E-state index in [0.29, 0.717) is 22.2 Å². The maximum atomic E-state index is 12.4. The first-order chi connectivity index (χ1) is 13.7. The molecule has 29 heavy (non-hydrogen) atoms. The first-order valence-corrected chi connectivity index (χ1v) is 14.8. The van der Waals surface area contributed by atoms with E-state index in [9.17, 15) is 9.59 Å². The molecule has 1 aliphatic carbocycles. The fourth-order valence-electron chi connectivity index (χ4n) is 4.56. The van der Waals surface area contributed by atoms with E-state index in [1.54, 1.807) is 0 Å². The summed E-state index contributed by atoms with van der Waals surface area (Å²) >= 11 is -1.28. The van der Waals surface area contributed by atoms with Gasteiger partial charge in [0.15, 0.2) is 0 Å². The summed E-state index contributed by atoms with van der Waals surface area (Å²) in [5.74, 6) is 2.37. The zero-order valence-electron chi connectivity index (χ0n) is 19.3. The van der Waals surface area contributed by atoms with Crippen LogP contribution >= 0.6 is 0 Å². The fourth-order valence-corrected chi connectivity index (χ4v) is 7.43. The van der Waals surface area contributed by atoms with Crippen LogP contribution in [0.4, 0.5) is 0 Å². The topological polar surface area (TPSA) is 58.6 Å². The number of Topliss-reactive ketones (excluding diaryl/α,β-unsaturated/α-hetero) is 1. The minimum atomic E-state index is -1.28. The van der Waals surface area contributed by atoms with Gasteiger partial charge in [0.25, 0.3) is 0 Å². The SMILES string of the molecule is CC(C)C1CCC(N2CCC(C(=O)NCC[O][Y][CH2]C(=O)C(C)(C)C)CC2)CC1. The average Bonchev–Trinajstić information content (AvgIpc) is 2.69. The molecule has 0 atom stereocenters. The van der Waals surface area contributed by atoms with Crippen molar-refractivity contribution < 1.29 is 41.4 Å². The molecule has 0 radical (unpaired) electrons. The molecule has 2 aliphatic rings. The quantitative estimate of drug-likeness (QED) is 0.503. The van der Waals surface area contributed by atoms with Crippen LogP contribution in [-0.2, 0) is 41.4 Å². The Balaban J connectivity index is 1.55. The molecule has 165 valence electrons. The molecular formula is C23H42N2O3Y. The molecule has 1 aliphatic heterocycles. The Morgan fingerprint density at radius 1 is 1.07 bits per heavy atom. The molecule has 2 rings (SSSR count). The Labute approximate surface area is 194 Å². The van der Waals surface area contributed by atoms with E-state index in [-0.39, 0.29) is 17.2 Å². The number of amides is 1. The third-order valence-electron chi connectivity index (χ3n) is 6.84. The van der Waals surface area contributed by atoms with E-state index in [4.69, 9.17) is 2.05 Å². The van der Waals surface area contributed by atoms with Crippen LogP contribution in [0.3, 0.4) is 0 Å². The number of carbonyl (C=O) groups excluding carboxylic acids is 2. The third-order valence-corrected chi connectivity index (χ3v) is 9.32. The number of nitrogens with one attached hydrogen (secondary N) is 1. The molecule has 0 unspecified atom stereocenters. The Hall–Kier alpha value is 0.164. The number of hydrogen-bond donors (Lipinski definition) is 1. The summed E-state index contributed by atoms with van der Waals surface area (Å²) in [7, 11) is 0. The van der Waals surface area contributed by atoms with Gasteiger partial charge in [-0.25, -0.2) is 0 Å². The monoisotopic (exact) mass is 483 g/mol. The van der Waals surface area contributed by atoms with E-state index in [2.05, 4.69) is 24.1 Å². The van der Waals surface area contributed by atoms with Crippen LogP contribution in [0.5, 0.6) is 0 Å². The Morgan fingerprint density at radius 2 is 1.69 bits per heavy atom. The van der Waals surface area contributed by atoms with Gasteiger partial charge < -0.3 is 0 Å². The zero-order valence-corrected chi connectivity index (χ0v) is 22.2. The van der Waals surface area contributed by atoms with Crippen molar-refractivity contribution in [1.29, 1.82) is 0 Å². The number of carbonyl (C=O) groups is 2. The number of likely N-dealkylation sites (tertiary alicyclic amines) is 1. The summed E-state index contributed by atoms with van der Waals surface area (Å²) < 4.78 is 6.33. The summed E-state index contributed by atoms with van der Waals surface area (Å²) in [6.07, 6.45) is 7.37. The van der Waals surface area contributed by atoms with E-state index in [1.807, 2.05) is 20.8 Å². The Morgan fingerprint density at radius 3 is 2.24 bits per heavy atom. The molecule has 0 bridgehead atoms. The first kappa shape index (κ1) is 25.4. The predicted molar refractivity (Wildman–Crippen MR) is 113 cm³/mol. The summed E-state index contributed by atoms with van der Waals surface area (Å²) in [5, 5.41) is 3.05. The molecule has 0 spiro atoms. The predicted octanol–water partition coefficient (Wildman–Crippen LogP) is 4.08. The van der Waals surface area contributed by atoms with Gasteiger partial charge in [-0.05, 0) is 11.8 Å². The molecular weight excluding hydrogens is 441 g/mol. The molecule has 5 nitrogen and oxygen atoms in total. The van der Waals surface area contributed by atoms with Crippen molar-refractivity contribution in [3.63, 3.8) is 0 Å². The second-order valence-electron chi connectivity index (χ2n) is 10.3. The third kappa shape index (κ3) is 8.67. The van der Waals surface area contributed by atoms with Gasteiger partial charge in [0.05, 0.1) is 0 Å².